The molecular formula is C5H9N3S. The summed E-state index contributed by atoms with van der Waals surface area (Å²) in [5.41, 5.74) is 0. The predicted octanol–water partition coefficient (Wildman–Crippen LogP) is 0.748. The Morgan fingerprint density at radius 2 is 2.22 bits per heavy atom. The number of hydrogen-bond donors (Lipinski definition) is 0. The standard InChI is InChI=1S/C5H9N3S/c1-8(2)5(9-3)7-4-6/h1-3H3. The van der Waals surface area contributed by atoms with Crippen molar-refractivity contribution < 1.29 is 0 Å². The van der Waals surface area contributed by atoms with Crippen LogP contribution in [0.2, 0.25) is 0 Å². The first-order chi connectivity index (χ1) is 4.22. The maximum absolute atomic E-state index is 8.14. The molecule has 0 fully saturated rings. The van der Waals surface area contributed by atoms with Gasteiger partial charge >= 0.3 is 0 Å². The van der Waals surface area contributed by atoms with E-state index in [1.165, 1.54) is 11.8 Å². The zero-order valence-corrected chi connectivity index (χ0v) is 6.57. The van der Waals surface area contributed by atoms with Crippen LogP contribution in [0.3, 0.4) is 0 Å². The van der Waals surface area contributed by atoms with Gasteiger partial charge in [0.2, 0.25) is 6.19 Å². The van der Waals surface area contributed by atoms with Gasteiger partial charge in [0.05, 0.1) is 0 Å². The van der Waals surface area contributed by atoms with Gasteiger partial charge in [-0.3, -0.25) is 0 Å². The average Bonchev–Trinajstić information content (AvgIpc) is 1.82. The second kappa shape index (κ2) is 4.21. The molecule has 0 atom stereocenters. The summed E-state index contributed by atoms with van der Waals surface area (Å²) in [4.78, 5) is 5.35. The molecule has 0 saturated heterocycles. The Labute approximate surface area is 59.4 Å². The zero-order chi connectivity index (χ0) is 7.28. The summed E-state index contributed by atoms with van der Waals surface area (Å²) in [7, 11) is 3.71. The number of hydrogen-bond acceptors (Lipinski definition) is 3. The molecule has 0 aromatic rings. The van der Waals surface area contributed by atoms with Crippen LogP contribution in [0.25, 0.3) is 0 Å². The van der Waals surface area contributed by atoms with E-state index >= 15 is 0 Å². The third kappa shape index (κ3) is 2.98. The Balaban J connectivity index is 4.02. The van der Waals surface area contributed by atoms with Gasteiger partial charge in [0.25, 0.3) is 0 Å². The van der Waals surface area contributed by atoms with Crippen molar-refractivity contribution in [3.05, 3.63) is 0 Å². The van der Waals surface area contributed by atoms with E-state index in [9.17, 15) is 0 Å². The fourth-order valence-electron chi connectivity index (χ4n) is 0.371. The summed E-state index contributed by atoms with van der Waals surface area (Å²) < 4.78 is 0. The fourth-order valence-corrected chi connectivity index (χ4v) is 0.868. The maximum atomic E-state index is 8.14. The Kier molecular flexibility index (Phi) is 3.89. The van der Waals surface area contributed by atoms with Crippen LogP contribution in [-0.2, 0) is 0 Å². The Hall–Kier alpha value is -0.690. The molecule has 0 bridgehead atoms. The maximum Gasteiger partial charge on any atom is 0.208 e. The van der Waals surface area contributed by atoms with E-state index in [2.05, 4.69) is 4.99 Å². The van der Waals surface area contributed by atoms with E-state index in [1.54, 1.807) is 11.1 Å². The highest BCUT2D eigenvalue weighted by Crippen LogP contribution is 1.99. The summed E-state index contributed by atoms with van der Waals surface area (Å²) >= 11 is 1.46. The molecule has 0 rings (SSSR count). The van der Waals surface area contributed by atoms with Crippen molar-refractivity contribution in [1.29, 1.82) is 5.26 Å². The van der Waals surface area contributed by atoms with Gasteiger partial charge in [-0.25, -0.2) is 0 Å². The predicted molar refractivity (Wildman–Crippen MR) is 40.3 cm³/mol. The van der Waals surface area contributed by atoms with Crippen molar-refractivity contribution in [3.8, 4) is 6.19 Å². The molecule has 50 valence electrons. The van der Waals surface area contributed by atoms with Crippen LogP contribution in [0.4, 0.5) is 0 Å². The normalized spacial score (nSPS) is 10.7. The molecule has 0 unspecified atom stereocenters. The molecule has 0 radical (unpaired) electrons. The van der Waals surface area contributed by atoms with Gasteiger partial charge < -0.3 is 4.90 Å². The van der Waals surface area contributed by atoms with Crippen molar-refractivity contribution in [1.82, 2.24) is 4.90 Å². The minimum atomic E-state index is 0.734. The molecule has 0 saturated carbocycles. The van der Waals surface area contributed by atoms with E-state index in [1.807, 2.05) is 20.4 Å². The van der Waals surface area contributed by atoms with E-state index in [0.29, 0.717) is 0 Å². The largest absolute Gasteiger partial charge is 0.357 e. The molecule has 0 spiro atoms. The lowest BCUT2D eigenvalue weighted by atomic mass is 10.9. The summed E-state index contributed by atoms with van der Waals surface area (Å²) in [6, 6.07) is 0. The minimum absolute atomic E-state index is 0.734. The van der Waals surface area contributed by atoms with Gasteiger partial charge in [-0.2, -0.15) is 5.26 Å². The number of amidine groups is 1. The van der Waals surface area contributed by atoms with Crippen LogP contribution in [-0.4, -0.2) is 30.4 Å². The Morgan fingerprint density at radius 3 is 2.33 bits per heavy atom. The summed E-state index contributed by atoms with van der Waals surface area (Å²) in [5, 5.41) is 8.87. The molecule has 0 aromatic heterocycles. The molecule has 4 heteroatoms. The fraction of sp³-hybridized carbons (Fsp3) is 0.600. The van der Waals surface area contributed by atoms with E-state index in [0.717, 1.165) is 5.17 Å². The molecule has 0 N–H and O–H groups in total. The van der Waals surface area contributed by atoms with Gasteiger partial charge in [0, 0.05) is 14.1 Å². The Morgan fingerprint density at radius 1 is 1.67 bits per heavy atom. The van der Waals surface area contributed by atoms with Crippen molar-refractivity contribution in [2.75, 3.05) is 20.4 Å². The third-order valence-corrected chi connectivity index (χ3v) is 1.53. The highest BCUT2D eigenvalue weighted by molar-refractivity contribution is 8.13. The van der Waals surface area contributed by atoms with E-state index < -0.39 is 0 Å². The first-order valence-corrected chi connectivity index (χ1v) is 3.63. The minimum Gasteiger partial charge on any atom is -0.357 e. The number of aliphatic imine (C=N–C) groups is 1. The first kappa shape index (κ1) is 8.31. The average molecular weight is 143 g/mol. The zero-order valence-electron chi connectivity index (χ0n) is 5.75. The number of nitriles is 1. The molecule has 0 amide bonds. The molecule has 0 aromatic carbocycles. The lowest BCUT2D eigenvalue weighted by Crippen LogP contribution is -2.17. The molecule has 3 nitrogen and oxygen atoms in total. The highest BCUT2D eigenvalue weighted by atomic mass is 32.2. The van der Waals surface area contributed by atoms with Gasteiger partial charge in [0.1, 0.15) is 0 Å². The summed E-state index contributed by atoms with van der Waals surface area (Å²) in [6.07, 6.45) is 3.61. The smallest absolute Gasteiger partial charge is 0.208 e. The van der Waals surface area contributed by atoms with Crippen LogP contribution < -0.4 is 0 Å². The van der Waals surface area contributed by atoms with E-state index in [4.69, 9.17) is 5.26 Å². The number of nitrogens with zero attached hydrogens (tertiary/aromatic N) is 3. The van der Waals surface area contributed by atoms with Crippen LogP contribution in [0.5, 0.6) is 0 Å². The van der Waals surface area contributed by atoms with Crippen LogP contribution in [0.15, 0.2) is 4.99 Å². The SMILES string of the molecule is CSC(=NC#N)N(C)C. The summed E-state index contributed by atoms with van der Waals surface area (Å²) in [5.74, 6) is 0. The van der Waals surface area contributed by atoms with Gasteiger partial charge in [-0.05, 0) is 6.26 Å². The van der Waals surface area contributed by atoms with Crippen LogP contribution in [0.1, 0.15) is 0 Å². The van der Waals surface area contributed by atoms with Crippen LogP contribution in [0, 0.1) is 11.5 Å². The molecule has 0 aliphatic heterocycles. The number of thioether (sulfide) groups is 1. The van der Waals surface area contributed by atoms with Gasteiger partial charge in [-0.15, -0.1) is 4.99 Å². The molecular weight excluding hydrogens is 134 g/mol. The van der Waals surface area contributed by atoms with Crippen molar-refractivity contribution in [2.45, 2.75) is 0 Å². The van der Waals surface area contributed by atoms with Gasteiger partial charge in [-0.1, -0.05) is 11.8 Å². The molecule has 0 heterocycles. The Bertz CT molecular complexity index is 145. The number of rotatable bonds is 0. The molecule has 0 aliphatic rings. The second-order valence-electron chi connectivity index (χ2n) is 1.59. The summed E-state index contributed by atoms with van der Waals surface area (Å²) in [6.45, 7) is 0. The second-order valence-corrected chi connectivity index (χ2v) is 2.37. The van der Waals surface area contributed by atoms with Crippen molar-refractivity contribution >= 4 is 16.9 Å². The lowest BCUT2D eigenvalue weighted by Gasteiger charge is -2.09. The monoisotopic (exact) mass is 143 g/mol. The molecule has 9 heavy (non-hydrogen) atoms. The highest BCUT2D eigenvalue weighted by Gasteiger charge is 1.95. The third-order valence-electron chi connectivity index (χ3n) is 0.711. The first-order valence-electron chi connectivity index (χ1n) is 2.40. The lowest BCUT2D eigenvalue weighted by molar-refractivity contribution is 0.637. The molecule has 0 aliphatic carbocycles. The van der Waals surface area contributed by atoms with Crippen molar-refractivity contribution in [3.63, 3.8) is 0 Å². The van der Waals surface area contributed by atoms with Gasteiger partial charge in [0.15, 0.2) is 5.17 Å². The van der Waals surface area contributed by atoms with E-state index in [-0.39, 0.29) is 0 Å². The van der Waals surface area contributed by atoms with Crippen LogP contribution >= 0.6 is 11.8 Å². The van der Waals surface area contributed by atoms with Crippen molar-refractivity contribution in [2.24, 2.45) is 4.99 Å². The topological polar surface area (TPSA) is 39.4 Å². The quantitative estimate of drug-likeness (QED) is 0.285.